The topological polar surface area (TPSA) is 0 Å². The van der Waals surface area contributed by atoms with Crippen LogP contribution in [0.15, 0.2) is 54.3 Å². The summed E-state index contributed by atoms with van der Waals surface area (Å²) >= 11 is 0. The van der Waals surface area contributed by atoms with Gasteiger partial charge in [0.05, 0.1) is 0 Å². The first kappa shape index (κ1) is 17.0. The normalized spacial score (nSPS) is 12.4. The first-order chi connectivity index (χ1) is 9.62. The lowest BCUT2D eigenvalue weighted by Gasteiger charge is -2.27. The van der Waals surface area contributed by atoms with Crippen molar-refractivity contribution in [1.29, 1.82) is 0 Å². The molecule has 0 radical (unpaired) electrons. The van der Waals surface area contributed by atoms with Gasteiger partial charge in [-0.2, -0.15) is 0 Å². The molecule has 0 aromatic heterocycles. The highest BCUT2D eigenvalue weighted by Crippen LogP contribution is 2.22. The van der Waals surface area contributed by atoms with Crippen molar-refractivity contribution in [3.63, 3.8) is 0 Å². The van der Waals surface area contributed by atoms with Crippen LogP contribution in [0.4, 0.5) is 0 Å². The van der Waals surface area contributed by atoms with Crippen LogP contribution in [0.5, 0.6) is 0 Å². The highest BCUT2D eigenvalue weighted by atomic mass is 28.3. The summed E-state index contributed by atoms with van der Waals surface area (Å²) in [4.78, 5) is 0. The lowest BCUT2D eigenvalue weighted by atomic mass is 10.1. The van der Waals surface area contributed by atoms with Crippen molar-refractivity contribution in [2.45, 2.75) is 58.5 Å². The molecular weight excluding hydrogens is 256 g/mol. The molecule has 0 nitrogen and oxygen atoms in total. The molecule has 0 atom stereocenters. The fraction of sp³-hybridized carbons (Fsp3) is 0.474. The number of unbranched alkanes of at least 4 members (excludes halogenated alkanes) is 3. The summed E-state index contributed by atoms with van der Waals surface area (Å²) in [5.41, 5.74) is 0. The van der Waals surface area contributed by atoms with Gasteiger partial charge in [-0.05, 0) is 19.3 Å². The van der Waals surface area contributed by atoms with E-state index in [0.717, 1.165) is 6.42 Å². The molecule has 1 aromatic rings. The molecule has 0 amide bonds. The quantitative estimate of drug-likeness (QED) is 0.314. The second-order valence-corrected chi connectivity index (χ2v) is 10.5. The maximum Gasteiger partial charge on any atom is 0.107 e. The third-order valence-electron chi connectivity index (χ3n) is 4.13. The second-order valence-electron chi connectivity index (χ2n) is 6.06. The van der Waals surface area contributed by atoms with Crippen molar-refractivity contribution in [3.05, 3.63) is 54.3 Å². The molecule has 0 bridgehead atoms. The molecule has 1 rings (SSSR count). The zero-order valence-corrected chi connectivity index (χ0v) is 14.5. The van der Waals surface area contributed by atoms with E-state index in [-0.39, 0.29) is 0 Å². The summed E-state index contributed by atoms with van der Waals surface area (Å²) in [5.74, 6) is 0. The fourth-order valence-electron chi connectivity index (χ4n) is 2.68. The van der Waals surface area contributed by atoms with E-state index >= 15 is 0 Å². The van der Waals surface area contributed by atoms with Crippen LogP contribution in [0.2, 0.25) is 13.1 Å². The van der Waals surface area contributed by atoms with Crippen LogP contribution in [0.3, 0.4) is 0 Å². The molecular formula is C19H30Si. The van der Waals surface area contributed by atoms with Gasteiger partial charge in [-0.3, -0.25) is 0 Å². The van der Waals surface area contributed by atoms with Gasteiger partial charge in [0, 0.05) is 0 Å². The molecule has 0 saturated heterocycles. The molecule has 0 spiro atoms. The van der Waals surface area contributed by atoms with Gasteiger partial charge in [-0.25, -0.2) is 0 Å². The minimum absolute atomic E-state index is 1.01. The Bertz CT molecular complexity index is 415. The Balaban J connectivity index is 2.83. The monoisotopic (exact) mass is 286 g/mol. The Kier molecular flexibility index (Phi) is 7.61. The van der Waals surface area contributed by atoms with Gasteiger partial charge in [-0.15, -0.1) is 6.58 Å². The summed E-state index contributed by atoms with van der Waals surface area (Å²) in [7, 11) is -1.49. The molecule has 0 heterocycles. The van der Waals surface area contributed by atoms with E-state index in [1.165, 1.54) is 32.1 Å². The molecule has 0 fully saturated rings. The van der Waals surface area contributed by atoms with Gasteiger partial charge in [0.1, 0.15) is 8.07 Å². The highest BCUT2D eigenvalue weighted by molar-refractivity contribution is 6.95. The summed E-state index contributed by atoms with van der Waals surface area (Å²) in [6.07, 6.45) is 12.1. The average Bonchev–Trinajstić information content (AvgIpc) is 2.47. The van der Waals surface area contributed by atoms with Crippen LogP contribution in [0.1, 0.15) is 45.4 Å². The predicted octanol–water partition coefficient (Wildman–Crippen LogP) is 5.61. The maximum atomic E-state index is 3.87. The lowest BCUT2D eigenvalue weighted by molar-refractivity contribution is 0.670. The first-order valence-corrected chi connectivity index (χ1v) is 11.0. The summed E-state index contributed by atoms with van der Waals surface area (Å²) in [6.45, 7) is 11.1. The zero-order chi connectivity index (χ0) is 14.8. The SMILES string of the molecule is C=CC/C=C(/CCCCCC)[Si](C)(C)c1ccccc1. The van der Waals surface area contributed by atoms with Crippen molar-refractivity contribution in [2.75, 3.05) is 0 Å². The number of allylic oxidation sites excluding steroid dienone is 3. The first-order valence-electron chi connectivity index (χ1n) is 7.98. The molecule has 0 aliphatic rings. The van der Waals surface area contributed by atoms with Crippen LogP contribution < -0.4 is 5.19 Å². The molecule has 0 N–H and O–H groups in total. The molecule has 0 aliphatic carbocycles. The average molecular weight is 287 g/mol. The van der Waals surface area contributed by atoms with Crippen molar-refractivity contribution in [3.8, 4) is 0 Å². The predicted molar refractivity (Wildman–Crippen MR) is 95.2 cm³/mol. The molecule has 20 heavy (non-hydrogen) atoms. The minimum Gasteiger partial charge on any atom is -0.103 e. The fourth-order valence-corrected chi connectivity index (χ4v) is 5.50. The van der Waals surface area contributed by atoms with Crippen molar-refractivity contribution >= 4 is 13.3 Å². The summed E-state index contributed by atoms with van der Waals surface area (Å²) < 4.78 is 0. The second kappa shape index (κ2) is 8.96. The highest BCUT2D eigenvalue weighted by Gasteiger charge is 2.27. The van der Waals surface area contributed by atoms with Crippen LogP contribution in [-0.2, 0) is 0 Å². The Morgan fingerprint density at radius 3 is 2.40 bits per heavy atom. The Labute approximate surface area is 126 Å². The summed E-state index contributed by atoms with van der Waals surface area (Å²) in [5, 5.41) is 3.24. The van der Waals surface area contributed by atoms with Gasteiger partial charge in [0.2, 0.25) is 0 Å². The van der Waals surface area contributed by atoms with E-state index in [0.29, 0.717) is 0 Å². The number of rotatable bonds is 9. The van der Waals surface area contributed by atoms with E-state index in [9.17, 15) is 0 Å². The van der Waals surface area contributed by atoms with Crippen LogP contribution in [0.25, 0.3) is 0 Å². The van der Waals surface area contributed by atoms with Gasteiger partial charge in [0.15, 0.2) is 0 Å². The molecule has 1 aromatic carbocycles. The molecule has 0 saturated carbocycles. The van der Waals surface area contributed by atoms with E-state index in [4.69, 9.17) is 0 Å². The van der Waals surface area contributed by atoms with Crippen LogP contribution in [0, 0.1) is 0 Å². The van der Waals surface area contributed by atoms with E-state index in [1.807, 2.05) is 6.08 Å². The van der Waals surface area contributed by atoms with E-state index in [2.05, 4.69) is 63.0 Å². The largest absolute Gasteiger partial charge is 0.107 e. The van der Waals surface area contributed by atoms with E-state index < -0.39 is 8.07 Å². The lowest BCUT2D eigenvalue weighted by Crippen LogP contribution is -2.43. The summed E-state index contributed by atoms with van der Waals surface area (Å²) in [6, 6.07) is 11.1. The van der Waals surface area contributed by atoms with Crippen molar-refractivity contribution in [1.82, 2.24) is 0 Å². The van der Waals surface area contributed by atoms with Crippen molar-refractivity contribution in [2.24, 2.45) is 0 Å². The maximum absolute atomic E-state index is 3.87. The molecule has 0 unspecified atom stereocenters. The standard InChI is InChI=1S/C19H30Si/c1-5-7-9-11-15-18(14-8-6-2)20(3,4)19-16-12-10-13-17-19/h6,10,12-14,16-17H,2,5,7-9,11,15H2,1,3-4H3/b18-14-. The number of benzene rings is 1. The molecule has 110 valence electrons. The number of hydrogen-bond acceptors (Lipinski definition) is 0. The van der Waals surface area contributed by atoms with Gasteiger partial charge >= 0.3 is 0 Å². The zero-order valence-electron chi connectivity index (χ0n) is 13.5. The smallest absolute Gasteiger partial charge is 0.103 e. The molecule has 0 aliphatic heterocycles. The Hall–Kier alpha value is -1.08. The Morgan fingerprint density at radius 2 is 1.80 bits per heavy atom. The third kappa shape index (κ3) is 5.13. The van der Waals surface area contributed by atoms with Gasteiger partial charge in [-0.1, -0.05) is 92.1 Å². The van der Waals surface area contributed by atoms with Crippen LogP contribution >= 0.6 is 0 Å². The third-order valence-corrected chi connectivity index (χ3v) is 7.97. The van der Waals surface area contributed by atoms with Crippen molar-refractivity contribution < 1.29 is 0 Å². The Morgan fingerprint density at radius 1 is 1.10 bits per heavy atom. The van der Waals surface area contributed by atoms with E-state index in [1.54, 1.807) is 10.4 Å². The van der Waals surface area contributed by atoms with Gasteiger partial charge < -0.3 is 0 Å². The van der Waals surface area contributed by atoms with Crippen LogP contribution in [-0.4, -0.2) is 8.07 Å². The number of hydrogen-bond donors (Lipinski definition) is 0. The molecule has 1 heteroatoms. The van der Waals surface area contributed by atoms with Gasteiger partial charge in [0.25, 0.3) is 0 Å². The minimum atomic E-state index is -1.49.